The van der Waals surface area contributed by atoms with Gasteiger partial charge >= 0.3 is 5.97 Å². The zero-order chi connectivity index (χ0) is 20.4. The minimum absolute atomic E-state index is 0.0121. The van der Waals surface area contributed by atoms with Gasteiger partial charge in [-0.1, -0.05) is 60.7 Å². The molecule has 4 heteroatoms. The molecule has 0 aliphatic carbocycles. The molecule has 29 heavy (non-hydrogen) atoms. The van der Waals surface area contributed by atoms with Gasteiger partial charge in [-0.15, -0.1) is 0 Å². The third kappa shape index (κ3) is 3.57. The molecular formula is C25H21NO3. The number of aromatic carboxylic acids is 1. The second-order valence-corrected chi connectivity index (χ2v) is 7.10. The summed E-state index contributed by atoms with van der Waals surface area (Å²) in [6, 6.07) is 24.6. The average molecular weight is 383 g/mol. The van der Waals surface area contributed by atoms with Crippen LogP contribution in [0.4, 0.5) is 5.69 Å². The summed E-state index contributed by atoms with van der Waals surface area (Å²) in [6.45, 7) is 2.48. The van der Waals surface area contributed by atoms with Crippen molar-refractivity contribution in [2.24, 2.45) is 0 Å². The van der Waals surface area contributed by atoms with Crippen molar-refractivity contribution in [3.63, 3.8) is 0 Å². The molecule has 0 fully saturated rings. The quantitative estimate of drug-likeness (QED) is 0.637. The van der Waals surface area contributed by atoms with Gasteiger partial charge in [0.25, 0.3) is 5.91 Å². The predicted molar refractivity (Wildman–Crippen MR) is 115 cm³/mol. The molecule has 0 atom stereocenters. The minimum atomic E-state index is -0.946. The van der Waals surface area contributed by atoms with Crippen molar-refractivity contribution < 1.29 is 14.7 Å². The van der Waals surface area contributed by atoms with Crippen molar-refractivity contribution in [3.8, 4) is 0 Å². The summed E-state index contributed by atoms with van der Waals surface area (Å²) in [7, 11) is 0. The Balaban J connectivity index is 1.67. The van der Waals surface area contributed by atoms with Gasteiger partial charge in [0.05, 0.1) is 16.8 Å². The Labute approximate surface area is 169 Å². The van der Waals surface area contributed by atoms with Crippen molar-refractivity contribution in [1.82, 2.24) is 0 Å². The number of amides is 1. The van der Waals surface area contributed by atoms with Crippen LogP contribution in [0, 0.1) is 0 Å². The number of para-hydroxylation sites is 1. The SMILES string of the molecule is CC(=C1C(=O)N(CCc2cccc(C(=O)O)c2)c2ccccc21)c1ccccc1. The fourth-order valence-electron chi connectivity index (χ4n) is 3.80. The molecule has 1 aliphatic rings. The lowest BCUT2D eigenvalue weighted by molar-refractivity contribution is -0.113. The van der Waals surface area contributed by atoms with Crippen LogP contribution in [0.3, 0.4) is 0 Å². The monoisotopic (exact) mass is 383 g/mol. The molecule has 0 aromatic heterocycles. The van der Waals surface area contributed by atoms with Crippen LogP contribution in [-0.2, 0) is 11.2 Å². The molecule has 1 amide bonds. The van der Waals surface area contributed by atoms with E-state index in [-0.39, 0.29) is 11.5 Å². The average Bonchev–Trinajstić information content (AvgIpc) is 3.03. The van der Waals surface area contributed by atoms with Gasteiger partial charge in [0.2, 0.25) is 0 Å². The number of fused-ring (bicyclic) bond motifs is 1. The zero-order valence-corrected chi connectivity index (χ0v) is 16.1. The van der Waals surface area contributed by atoms with Crippen LogP contribution in [0.5, 0.6) is 0 Å². The van der Waals surface area contributed by atoms with E-state index in [4.69, 9.17) is 0 Å². The van der Waals surface area contributed by atoms with E-state index in [0.29, 0.717) is 13.0 Å². The van der Waals surface area contributed by atoms with E-state index in [1.165, 1.54) is 0 Å². The Bertz CT molecular complexity index is 1120. The molecule has 4 rings (SSSR count). The lowest BCUT2D eigenvalue weighted by atomic mass is 9.97. The molecule has 0 bridgehead atoms. The molecule has 3 aromatic carbocycles. The van der Waals surface area contributed by atoms with Crippen LogP contribution in [0.2, 0.25) is 0 Å². The number of anilines is 1. The molecule has 1 aliphatic heterocycles. The summed E-state index contributed by atoms with van der Waals surface area (Å²) < 4.78 is 0. The number of allylic oxidation sites excluding steroid dienone is 1. The number of carboxylic acid groups (broad SMARTS) is 1. The second kappa shape index (κ2) is 7.76. The van der Waals surface area contributed by atoms with E-state index in [1.54, 1.807) is 23.1 Å². The lowest BCUT2D eigenvalue weighted by Crippen LogP contribution is -2.28. The first-order valence-electron chi connectivity index (χ1n) is 9.56. The highest BCUT2D eigenvalue weighted by Gasteiger charge is 2.33. The highest BCUT2D eigenvalue weighted by atomic mass is 16.4. The molecule has 4 nitrogen and oxygen atoms in total. The highest BCUT2D eigenvalue weighted by molar-refractivity contribution is 6.37. The van der Waals surface area contributed by atoms with Gasteiger partial charge in [-0.05, 0) is 48.2 Å². The first kappa shape index (κ1) is 18.7. The maximum absolute atomic E-state index is 13.3. The maximum Gasteiger partial charge on any atom is 0.335 e. The molecule has 1 heterocycles. The lowest BCUT2D eigenvalue weighted by Gasteiger charge is -2.17. The molecule has 144 valence electrons. The van der Waals surface area contributed by atoms with Crippen LogP contribution < -0.4 is 4.90 Å². The summed E-state index contributed by atoms with van der Waals surface area (Å²) >= 11 is 0. The number of benzene rings is 3. The minimum Gasteiger partial charge on any atom is -0.478 e. The summed E-state index contributed by atoms with van der Waals surface area (Å²) in [6.07, 6.45) is 0.582. The Kier molecular flexibility index (Phi) is 5.00. The number of carboxylic acids is 1. The van der Waals surface area contributed by atoms with Gasteiger partial charge in [0.15, 0.2) is 0 Å². The van der Waals surface area contributed by atoms with Crippen molar-refractivity contribution in [3.05, 3.63) is 101 Å². The van der Waals surface area contributed by atoms with E-state index in [9.17, 15) is 14.7 Å². The first-order chi connectivity index (χ1) is 14.1. The molecule has 1 N–H and O–H groups in total. The van der Waals surface area contributed by atoms with Crippen molar-refractivity contribution in [2.45, 2.75) is 13.3 Å². The molecule has 0 saturated heterocycles. The summed E-state index contributed by atoms with van der Waals surface area (Å²) in [5, 5.41) is 9.19. The molecular weight excluding hydrogens is 362 g/mol. The Morgan fingerprint density at radius 2 is 1.59 bits per heavy atom. The number of nitrogens with zero attached hydrogens (tertiary/aromatic N) is 1. The smallest absolute Gasteiger partial charge is 0.335 e. The van der Waals surface area contributed by atoms with E-state index in [0.717, 1.165) is 33.5 Å². The van der Waals surface area contributed by atoms with E-state index in [2.05, 4.69) is 0 Å². The van der Waals surface area contributed by atoms with E-state index < -0.39 is 5.97 Å². The van der Waals surface area contributed by atoms with Gasteiger partial charge < -0.3 is 10.0 Å². The van der Waals surface area contributed by atoms with Crippen LogP contribution in [0.1, 0.15) is 34.0 Å². The highest BCUT2D eigenvalue weighted by Crippen LogP contribution is 2.40. The van der Waals surface area contributed by atoms with Crippen LogP contribution in [0.15, 0.2) is 78.9 Å². The normalized spacial score (nSPS) is 14.7. The number of rotatable bonds is 5. The van der Waals surface area contributed by atoms with Gasteiger partial charge in [0, 0.05) is 12.1 Å². The number of carbonyl (C=O) groups excluding carboxylic acids is 1. The second-order valence-electron chi connectivity index (χ2n) is 7.10. The Morgan fingerprint density at radius 3 is 2.34 bits per heavy atom. The van der Waals surface area contributed by atoms with Gasteiger partial charge in [-0.3, -0.25) is 4.79 Å². The van der Waals surface area contributed by atoms with E-state index in [1.807, 2.05) is 67.6 Å². The third-order valence-corrected chi connectivity index (χ3v) is 5.30. The van der Waals surface area contributed by atoms with Crippen molar-refractivity contribution >= 4 is 28.7 Å². The molecule has 0 radical (unpaired) electrons. The summed E-state index contributed by atoms with van der Waals surface area (Å²) in [4.78, 5) is 26.4. The van der Waals surface area contributed by atoms with Crippen molar-refractivity contribution in [1.29, 1.82) is 0 Å². The van der Waals surface area contributed by atoms with Crippen LogP contribution >= 0.6 is 0 Å². The number of hydrogen-bond donors (Lipinski definition) is 1. The Morgan fingerprint density at radius 1 is 0.897 bits per heavy atom. The number of carbonyl (C=O) groups is 2. The third-order valence-electron chi connectivity index (χ3n) is 5.30. The summed E-state index contributed by atoms with van der Waals surface area (Å²) in [5.74, 6) is -0.958. The topological polar surface area (TPSA) is 57.6 Å². The predicted octanol–water partition coefficient (Wildman–Crippen LogP) is 4.90. The summed E-state index contributed by atoms with van der Waals surface area (Å²) in [5.41, 5.74) is 5.71. The molecule has 0 unspecified atom stereocenters. The fraction of sp³-hybridized carbons (Fsp3) is 0.120. The van der Waals surface area contributed by atoms with Crippen LogP contribution in [-0.4, -0.2) is 23.5 Å². The van der Waals surface area contributed by atoms with Gasteiger partial charge in [-0.25, -0.2) is 4.79 Å². The zero-order valence-electron chi connectivity index (χ0n) is 16.1. The van der Waals surface area contributed by atoms with Gasteiger partial charge in [0.1, 0.15) is 0 Å². The molecule has 0 spiro atoms. The maximum atomic E-state index is 13.3. The van der Waals surface area contributed by atoms with E-state index >= 15 is 0 Å². The molecule has 0 saturated carbocycles. The standard InChI is InChI=1S/C25H21NO3/c1-17(19-9-3-2-4-10-19)23-21-12-5-6-13-22(21)26(24(23)27)15-14-18-8-7-11-20(16-18)25(28)29/h2-13,16H,14-15H2,1H3,(H,28,29). The largest absolute Gasteiger partial charge is 0.478 e. The van der Waals surface area contributed by atoms with Gasteiger partial charge in [-0.2, -0.15) is 0 Å². The molecule has 3 aromatic rings. The first-order valence-corrected chi connectivity index (χ1v) is 9.56. The fourth-order valence-corrected chi connectivity index (χ4v) is 3.80. The Hall–Kier alpha value is -3.66. The number of hydrogen-bond acceptors (Lipinski definition) is 2. The van der Waals surface area contributed by atoms with Crippen molar-refractivity contribution in [2.75, 3.05) is 11.4 Å². The van der Waals surface area contributed by atoms with Crippen LogP contribution in [0.25, 0.3) is 11.1 Å².